The molecule has 0 aromatic heterocycles. The lowest BCUT2D eigenvalue weighted by Gasteiger charge is -2.16. The second-order valence-electron chi connectivity index (χ2n) is 4.23. The SMILES string of the molecule is Fc1cccc(C(CBr)OCCOc2ccccc2)c1. The smallest absolute Gasteiger partial charge is 0.123 e. The molecule has 0 heterocycles. The van der Waals surface area contributed by atoms with E-state index in [9.17, 15) is 4.39 Å². The highest BCUT2D eigenvalue weighted by molar-refractivity contribution is 9.09. The minimum absolute atomic E-state index is 0.176. The summed E-state index contributed by atoms with van der Waals surface area (Å²) in [6, 6.07) is 16.0. The third-order valence-corrected chi connectivity index (χ3v) is 3.36. The van der Waals surface area contributed by atoms with Crippen molar-refractivity contribution in [3.63, 3.8) is 0 Å². The van der Waals surface area contributed by atoms with Gasteiger partial charge in [-0.15, -0.1) is 0 Å². The van der Waals surface area contributed by atoms with Crippen molar-refractivity contribution < 1.29 is 13.9 Å². The van der Waals surface area contributed by atoms with Gasteiger partial charge in [0.1, 0.15) is 18.2 Å². The summed E-state index contributed by atoms with van der Waals surface area (Å²) in [4.78, 5) is 0. The summed E-state index contributed by atoms with van der Waals surface area (Å²) in [6.45, 7) is 0.907. The Morgan fingerprint density at radius 1 is 1.00 bits per heavy atom. The van der Waals surface area contributed by atoms with Gasteiger partial charge in [-0.3, -0.25) is 0 Å². The van der Waals surface area contributed by atoms with Crippen LogP contribution < -0.4 is 4.74 Å². The molecule has 0 saturated heterocycles. The van der Waals surface area contributed by atoms with Gasteiger partial charge in [-0.05, 0) is 29.8 Å². The molecule has 1 atom stereocenters. The Morgan fingerprint density at radius 3 is 2.50 bits per heavy atom. The minimum Gasteiger partial charge on any atom is -0.491 e. The molecule has 0 aliphatic carbocycles. The first-order valence-corrected chi connectivity index (χ1v) is 7.52. The molecular formula is C16H16BrFO2. The fourth-order valence-corrected chi connectivity index (χ4v) is 2.36. The molecule has 0 saturated carbocycles. The van der Waals surface area contributed by atoms with Crippen LogP contribution >= 0.6 is 15.9 Å². The van der Waals surface area contributed by atoms with E-state index in [0.717, 1.165) is 11.3 Å². The van der Waals surface area contributed by atoms with Gasteiger partial charge < -0.3 is 9.47 Å². The van der Waals surface area contributed by atoms with Crippen LogP contribution in [0.2, 0.25) is 0 Å². The van der Waals surface area contributed by atoms with Crippen molar-refractivity contribution in [2.24, 2.45) is 0 Å². The Balaban J connectivity index is 1.80. The topological polar surface area (TPSA) is 18.5 Å². The van der Waals surface area contributed by atoms with Gasteiger partial charge in [-0.1, -0.05) is 46.3 Å². The molecule has 0 fully saturated rings. The minimum atomic E-state index is -0.252. The average Bonchev–Trinajstić information content (AvgIpc) is 2.48. The van der Waals surface area contributed by atoms with E-state index in [4.69, 9.17) is 9.47 Å². The van der Waals surface area contributed by atoms with Gasteiger partial charge >= 0.3 is 0 Å². The van der Waals surface area contributed by atoms with Gasteiger partial charge in [0.2, 0.25) is 0 Å². The third kappa shape index (κ3) is 4.62. The van der Waals surface area contributed by atoms with Gasteiger partial charge in [-0.2, -0.15) is 0 Å². The van der Waals surface area contributed by atoms with Crippen molar-refractivity contribution in [2.45, 2.75) is 6.10 Å². The fourth-order valence-electron chi connectivity index (χ4n) is 1.80. The molecule has 0 radical (unpaired) electrons. The number of rotatable bonds is 7. The third-order valence-electron chi connectivity index (χ3n) is 2.77. The zero-order chi connectivity index (χ0) is 14.2. The molecular weight excluding hydrogens is 323 g/mol. The summed E-state index contributed by atoms with van der Waals surface area (Å²) >= 11 is 3.39. The number of ether oxygens (including phenoxy) is 2. The second-order valence-corrected chi connectivity index (χ2v) is 4.88. The highest BCUT2D eigenvalue weighted by atomic mass is 79.9. The molecule has 2 rings (SSSR count). The number of hydrogen-bond donors (Lipinski definition) is 0. The van der Waals surface area contributed by atoms with E-state index < -0.39 is 0 Å². The molecule has 20 heavy (non-hydrogen) atoms. The highest BCUT2D eigenvalue weighted by Gasteiger charge is 2.11. The van der Waals surface area contributed by atoms with E-state index in [-0.39, 0.29) is 11.9 Å². The van der Waals surface area contributed by atoms with Crippen LogP contribution in [0, 0.1) is 5.82 Å². The predicted molar refractivity (Wildman–Crippen MR) is 80.8 cm³/mol. The van der Waals surface area contributed by atoms with E-state index in [1.54, 1.807) is 6.07 Å². The molecule has 4 heteroatoms. The Hall–Kier alpha value is -1.39. The van der Waals surface area contributed by atoms with E-state index in [2.05, 4.69) is 15.9 Å². The van der Waals surface area contributed by atoms with Gasteiger partial charge in [0.05, 0.1) is 12.7 Å². The van der Waals surface area contributed by atoms with Crippen molar-refractivity contribution in [1.82, 2.24) is 0 Å². The van der Waals surface area contributed by atoms with E-state index in [1.807, 2.05) is 36.4 Å². The average molecular weight is 339 g/mol. The molecule has 2 aromatic rings. The molecule has 0 spiro atoms. The number of hydrogen-bond acceptors (Lipinski definition) is 2. The fraction of sp³-hybridized carbons (Fsp3) is 0.250. The van der Waals surface area contributed by atoms with Crippen LogP contribution in [0.5, 0.6) is 5.75 Å². The van der Waals surface area contributed by atoms with Crippen LogP contribution in [0.1, 0.15) is 11.7 Å². The lowest BCUT2D eigenvalue weighted by Crippen LogP contribution is -2.12. The van der Waals surface area contributed by atoms with E-state index in [1.165, 1.54) is 12.1 Å². The number of alkyl halides is 1. The van der Waals surface area contributed by atoms with Crippen LogP contribution in [-0.2, 0) is 4.74 Å². The van der Waals surface area contributed by atoms with Crippen LogP contribution in [0.25, 0.3) is 0 Å². The maximum absolute atomic E-state index is 13.2. The maximum atomic E-state index is 13.2. The standard InChI is InChI=1S/C16H16BrFO2/c17-12-16(13-5-4-6-14(18)11-13)20-10-9-19-15-7-2-1-3-8-15/h1-8,11,16H,9-10,12H2. The zero-order valence-electron chi connectivity index (χ0n) is 11.0. The number of para-hydroxylation sites is 1. The summed E-state index contributed by atoms with van der Waals surface area (Å²) in [5.41, 5.74) is 0.821. The monoisotopic (exact) mass is 338 g/mol. The highest BCUT2D eigenvalue weighted by Crippen LogP contribution is 2.20. The first-order chi connectivity index (χ1) is 9.79. The number of halogens is 2. The van der Waals surface area contributed by atoms with Gasteiger partial charge in [0.25, 0.3) is 0 Å². The number of benzene rings is 2. The largest absolute Gasteiger partial charge is 0.491 e. The quantitative estimate of drug-likeness (QED) is 0.551. The van der Waals surface area contributed by atoms with Crippen LogP contribution in [0.15, 0.2) is 54.6 Å². The van der Waals surface area contributed by atoms with Crippen molar-refractivity contribution in [1.29, 1.82) is 0 Å². The van der Waals surface area contributed by atoms with Crippen molar-refractivity contribution in [3.8, 4) is 5.75 Å². The molecule has 2 aromatic carbocycles. The first kappa shape index (κ1) is 15.0. The Bertz CT molecular complexity index is 519. The molecule has 0 amide bonds. The van der Waals surface area contributed by atoms with Gasteiger partial charge in [0, 0.05) is 5.33 Å². The summed E-state index contributed by atoms with van der Waals surface area (Å²) < 4.78 is 24.4. The summed E-state index contributed by atoms with van der Waals surface area (Å²) in [7, 11) is 0. The summed E-state index contributed by atoms with van der Waals surface area (Å²) in [5, 5.41) is 0.613. The Kier molecular flexibility index (Phi) is 6.02. The summed E-state index contributed by atoms with van der Waals surface area (Å²) in [5.74, 6) is 0.565. The molecule has 2 nitrogen and oxygen atoms in total. The van der Waals surface area contributed by atoms with Crippen molar-refractivity contribution >= 4 is 15.9 Å². The van der Waals surface area contributed by atoms with E-state index >= 15 is 0 Å². The van der Waals surface area contributed by atoms with Crippen molar-refractivity contribution in [2.75, 3.05) is 18.5 Å². The molecule has 0 aliphatic rings. The maximum Gasteiger partial charge on any atom is 0.123 e. The Morgan fingerprint density at radius 2 is 1.80 bits per heavy atom. The van der Waals surface area contributed by atoms with Crippen LogP contribution in [0.4, 0.5) is 4.39 Å². The lowest BCUT2D eigenvalue weighted by molar-refractivity contribution is 0.0472. The predicted octanol–water partition coefficient (Wildman–Crippen LogP) is 4.36. The van der Waals surface area contributed by atoms with Crippen LogP contribution in [0.3, 0.4) is 0 Å². The summed E-state index contributed by atoms with van der Waals surface area (Å²) in [6.07, 6.45) is -0.176. The van der Waals surface area contributed by atoms with Gasteiger partial charge in [0.15, 0.2) is 0 Å². The molecule has 0 aliphatic heterocycles. The van der Waals surface area contributed by atoms with E-state index in [0.29, 0.717) is 18.5 Å². The van der Waals surface area contributed by atoms with Gasteiger partial charge in [-0.25, -0.2) is 4.39 Å². The van der Waals surface area contributed by atoms with Crippen molar-refractivity contribution in [3.05, 3.63) is 66.0 Å². The normalized spacial score (nSPS) is 12.1. The van der Waals surface area contributed by atoms with Crippen LogP contribution in [-0.4, -0.2) is 18.5 Å². The zero-order valence-corrected chi connectivity index (χ0v) is 12.6. The lowest BCUT2D eigenvalue weighted by atomic mass is 10.1. The first-order valence-electron chi connectivity index (χ1n) is 6.40. The molecule has 0 bridgehead atoms. The Labute approximate surface area is 126 Å². The molecule has 106 valence electrons. The molecule has 0 N–H and O–H groups in total. The second kappa shape index (κ2) is 8.02. The molecule has 1 unspecified atom stereocenters.